The van der Waals surface area contributed by atoms with Crippen LogP contribution in [0.1, 0.15) is 52.9 Å². The van der Waals surface area contributed by atoms with Crippen LogP contribution in [0.25, 0.3) is 4.85 Å². The minimum atomic E-state index is -1.000. The number of carbonyl (C=O) groups excluding carboxylic acids is 3. The lowest BCUT2D eigenvalue weighted by atomic mass is 9.86. The fourth-order valence-electron chi connectivity index (χ4n) is 5.65. The fourth-order valence-corrected chi connectivity index (χ4v) is 5.65. The summed E-state index contributed by atoms with van der Waals surface area (Å²) in [6.07, 6.45) is 1.53. The van der Waals surface area contributed by atoms with E-state index in [0.29, 0.717) is 19.3 Å². The van der Waals surface area contributed by atoms with E-state index in [1.165, 1.54) is 0 Å². The predicted octanol–water partition coefficient (Wildman–Crippen LogP) is 2.67. The molecule has 9 atom stereocenters. The van der Waals surface area contributed by atoms with E-state index in [1.807, 2.05) is 26.8 Å². The molecule has 0 radical (unpaired) electrons. The zero-order valence-corrected chi connectivity index (χ0v) is 18.1. The van der Waals surface area contributed by atoms with Crippen molar-refractivity contribution in [3.8, 4) is 6.07 Å². The van der Waals surface area contributed by atoms with Crippen molar-refractivity contribution in [2.75, 3.05) is 0 Å². The molecule has 9 unspecified atom stereocenters. The van der Waals surface area contributed by atoms with Gasteiger partial charge in [0.25, 0.3) is 6.04 Å². The molecule has 1 aliphatic heterocycles. The number of nitrogens with zero attached hydrogens (tertiary/aromatic N) is 2. The molecule has 31 heavy (non-hydrogen) atoms. The Morgan fingerprint density at radius 1 is 1.23 bits per heavy atom. The highest BCUT2D eigenvalue weighted by Gasteiger charge is 2.62. The van der Waals surface area contributed by atoms with Crippen molar-refractivity contribution in [2.45, 2.75) is 77.2 Å². The van der Waals surface area contributed by atoms with Gasteiger partial charge in [-0.2, -0.15) is 5.26 Å². The summed E-state index contributed by atoms with van der Waals surface area (Å²) in [7, 11) is 0. The molecule has 0 aromatic rings. The molecule has 0 N–H and O–H groups in total. The smallest absolute Gasteiger partial charge is 0.324 e. The Labute approximate surface area is 182 Å². The molecule has 3 aliphatic carbocycles. The van der Waals surface area contributed by atoms with Crippen LogP contribution < -0.4 is 0 Å². The Kier molecular flexibility index (Phi) is 5.45. The molecule has 0 spiro atoms. The predicted molar refractivity (Wildman–Crippen MR) is 106 cm³/mol. The largest absolute Gasteiger partial charge is 0.462 e. The molecule has 2 bridgehead atoms. The third kappa shape index (κ3) is 3.56. The molecule has 0 aromatic heterocycles. The molecule has 0 amide bonds. The number of carbonyl (C=O) groups is 3. The monoisotopic (exact) mass is 428 g/mol. The normalized spacial score (nSPS) is 40.5. The van der Waals surface area contributed by atoms with Gasteiger partial charge in [0.15, 0.2) is 12.0 Å². The molecule has 8 nitrogen and oxygen atoms in total. The highest BCUT2D eigenvalue weighted by molar-refractivity contribution is 5.79. The van der Waals surface area contributed by atoms with E-state index in [9.17, 15) is 19.6 Å². The number of esters is 3. The Bertz CT molecular complexity index is 870. The average Bonchev–Trinajstić information content (AvgIpc) is 3.47. The van der Waals surface area contributed by atoms with Gasteiger partial charge in [-0.25, -0.2) is 6.57 Å². The van der Waals surface area contributed by atoms with Gasteiger partial charge in [-0.15, -0.1) is 0 Å². The second kappa shape index (κ2) is 7.82. The van der Waals surface area contributed by atoms with Gasteiger partial charge in [0.2, 0.25) is 0 Å². The van der Waals surface area contributed by atoms with Crippen LogP contribution >= 0.6 is 0 Å². The number of ether oxygens (including phenoxy) is 3. The summed E-state index contributed by atoms with van der Waals surface area (Å²) < 4.78 is 16.8. The van der Waals surface area contributed by atoms with Crippen LogP contribution in [-0.4, -0.2) is 42.3 Å². The molecule has 4 fully saturated rings. The van der Waals surface area contributed by atoms with Crippen LogP contribution in [0.5, 0.6) is 0 Å². The molecule has 8 heteroatoms. The van der Waals surface area contributed by atoms with Gasteiger partial charge in [-0.1, -0.05) is 6.92 Å². The maximum atomic E-state index is 13.0. The Balaban J connectivity index is 1.39. The molecule has 4 rings (SSSR count). The first kappa shape index (κ1) is 21.6. The fraction of sp³-hybridized carbons (Fsp3) is 0.783. The minimum absolute atomic E-state index is 0.0804. The molecule has 3 saturated carbocycles. The second-order valence-corrected chi connectivity index (χ2v) is 10.0. The van der Waals surface area contributed by atoms with E-state index in [1.54, 1.807) is 0 Å². The zero-order valence-electron chi connectivity index (χ0n) is 18.1. The van der Waals surface area contributed by atoms with Crippen molar-refractivity contribution >= 4 is 17.9 Å². The third-order valence-electron chi connectivity index (χ3n) is 7.91. The van der Waals surface area contributed by atoms with E-state index < -0.39 is 41.5 Å². The quantitative estimate of drug-likeness (QED) is 0.376. The molecule has 1 saturated heterocycles. The first-order valence-electron chi connectivity index (χ1n) is 11.1. The lowest BCUT2D eigenvalue weighted by Crippen LogP contribution is -2.39. The highest BCUT2D eigenvalue weighted by Crippen LogP contribution is 2.51. The topological polar surface area (TPSA) is 107 Å². The third-order valence-corrected chi connectivity index (χ3v) is 7.91. The van der Waals surface area contributed by atoms with E-state index in [0.717, 1.165) is 6.42 Å². The number of nitriles is 1. The van der Waals surface area contributed by atoms with Gasteiger partial charge in [-0.05, 0) is 51.4 Å². The van der Waals surface area contributed by atoms with Crippen LogP contribution in [-0.2, 0) is 28.6 Å². The average molecular weight is 428 g/mol. The van der Waals surface area contributed by atoms with Crippen LogP contribution in [0.3, 0.4) is 0 Å². The summed E-state index contributed by atoms with van der Waals surface area (Å²) in [4.78, 5) is 40.9. The zero-order chi connectivity index (χ0) is 22.5. The first-order valence-corrected chi connectivity index (χ1v) is 11.1. The van der Waals surface area contributed by atoms with Gasteiger partial charge in [0.1, 0.15) is 12.2 Å². The SMILES string of the molecule is [C-]#[N+]C1CC2OC(=O)C(C#N)C2C1OC(=O)C1CC2CC1CC2OC(=O)C(C)(C)CC. The standard InChI is InChI=1S/C23H28N2O6/c1-5-23(2,3)22(28)30-16-8-11-6-12(16)7-13(11)20(26)31-19-15(25-4)9-17-18(19)14(10-24)21(27)29-17/h11-19H,5-9H2,1-3H3. The van der Waals surface area contributed by atoms with Gasteiger partial charge in [0, 0.05) is 0 Å². The van der Waals surface area contributed by atoms with Crippen molar-refractivity contribution in [3.63, 3.8) is 0 Å². The van der Waals surface area contributed by atoms with E-state index in [2.05, 4.69) is 4.85 Å². The van der Waals surface area contributed by atoms with Crippen molar-refractivity contribution in [1.29, 1.82) is 5.26 Å². The van der Waals surface area contributed by atoms with Gasteiger partial charge < -0.3 is 19.1 Å². The van der Waals surface area contributed by atoms with Gasteiger partial charge >= 0.3 is 17.9 Å². The van der Waals surface area contributed by atoms with Crippen molar-refractivity contribution in [1.82, 2.24) is 0 Å². The van der Waals surface area contributed by atoms with Crippen LogP contribution in [0, 0.1) is 52.9 Å². The summed E-state index contributed by atoms with van der Waals surface area (Å²) >= 11 is 0. The number of hydrogen-bond acceptors (Lipinski definition) is 7. The maximum absolute atomic E-state index is 13.0. The maximum Gasteiger partial charge on any atom is 0.324 e. The van der Waals surface area contributed by atoms with E-state index in [4.69, 9.17) is 20.8 Å². The minimum Gasteiger partial charge on any atom is -0.462 e. The van der Waals surface area contributed by atoms with Crippen molar-refractivity contribution in [3.05, 3.63) is 11.4 Å². The molecule has 1 heterocycles. The summed E-state index contributed by atoms with van der Waals surface area (Å²) in [5.41, 5.74) is -0.522. The van der Waals surface area contributed by atoms with Crippen LogP contribution in [0.2, 0.25) is 0 Å². The van der Waals surface area contributed by atoms with Crippen LogP contribution in [0.4, 0.5) is 0 Å². The number of fused-ring (bicyclic) bond motifs is 3. The van der Waals surface area contributed by atoms with Crippen molar-refractivity contribution in [2.24, 2.45) is 35.0 Å². The first-order chi connectivity index (χ1) is 14.7. The van der Waals surface area contributed by atoms with E-state index in [-0.39, 0.29) is 42.2 Å². The summed E-state index contributed by atoms with van der Waals surface area (Å²) in [6, 6.07) is 1.35. The van der Waals surface area contributed by atoms with Crippen LogP contribution in [0.15, 0.2) is 0 Å². The van der Waals surface area contributed by atoms with Gasteiger partial charge in [0.05, 0.1) is 29.7 Å². The number of rotatable bonds is 5. The molecule has 0 aromatic carbocycles. The second-order valence-electron chi connectivity index (χ2n) is 10.0. The molecule has 4 aliphatic rings. The Morgan fingerprint density at radius 2 is 1.97 bits per heavy atom. The molecule has 166 valence electrons. The Morgan fingerprint density at radius 3 is 2.55 bits per heavy atom. The van der Waals surface area contributed by atoms with Gasteiger partial charge in [-0.3, -0.25) is 14.4 Å². The Hall–Kier alpha value is -2.61. The lowest BCUT2D eigenvalue weighted by Gasteiger charge is -2.30. The van der Waals surface area contributed by atoms with Crippen molar-refractivity contribution < 1.29 is 28.6 Å². The molecular formula is C23H28N2O6. The lowest BCUT2D eigenvalue weighted by molar-refractivity contribution is -0.165. The summed E-state index contributed by atoms with van der Waals surface area (Å²) in [6.45, 7) is 13.1. The summed E-state index contributed by atoms with van der Waals surface area (Å²) in [5.74, 6) is -2.83. The molecular weight excluding hydrogens is 400 g/mol. The van der Waals surface area contributed by atoms with E-state index >= 15 is 0 Å². The highest BCUT2D eigenvalue weighted by atomic mass is 16.6. The number of hydrogen-bond donors (Lipinski definition) is 0. The summed E-state index contributed by atoms with van der Waals surface area (Å²) in [5, 5.41) is 9.36.